The molecule has 3 heterocycles. The minimum atomic E-state index is -0.00633. The van der Waals surface area contributed by atoms with Gasteiger partial charge in [0, 0.05) is 31.0 Å². The van der Waals surface area contributed by atoms with Crippen molar-refractivity contribution in [2.75, 3.05) is 39.3 Å². The van der Waals surface area contributed by atoms with Crippen LogP contribution in [0, 0.1) is 11.3 Å². The van der Waals surface area contributed by atoms with Gasteiger partial charge < -0.3 is 19.4 Å². The molecule has 0 amide bonds. The first kappa shape index (κ1) is 22.8. The van der Waals surface area contributed by atoms with Crippen molar-refractivity contribution in [1.29, 1.82) is 0 Å². The van der Waals surface area contributed by atoms with Crippen molar-refractivity contribution in [2.24, 2.45) is 11.3 Å². The van der Waals surface area contributed by atoms with Gasteiger partial charge in [0.1, 0.15) is 5.76 Å². The fourth-order valence-corrected chi connectivity index (χ4v) is 5.46. The first-order valence-corrected chi connectivity index (χ1v) is 12.0. The Morgan fingerprint density at radius 2 is 1.93 bits per heavy atom. The Kier molecular flexibility index (Phi) is 8.23. The largest absolute Gasteiger partial charge is 0.469 e. The molecule has 166 valence electrons. The van der Waals surface area contributed by atoms with Crippen LogP contribution in [0.1, 0.15) is 84.3 Å². The van der Waals surface area contributed by atoms with Gasteiger partial charge in [0.15, 0.2) is 0 Å². The smallest absolute Gasteiger partial charge is 0.106 e. The molecule has 0 aliphatic carbocycles. The summed E-state index contributed by atoms with van der Waals surface area (Å²) in [4.78, 5) is 2.69. The van der Waals surface area contributed by atoms with Crippen LogP contribution in [-0.4, -0.2) is 49.8 Å². The van der Waals surface area contributed by atoms with Gasteiger partial charge in [0.25, 0.3) is 0 Å². The zero-order chi connectivity index (χ0) is 20.7. The summed E-state index contributed by atoms with van der Waals surface area (Å²) in [5, 5.41) is 3.86. The van der Waals surface area contributed by atoms with Crippen LogP contribution in [0.2, 0.25) is 0 Å². The molecule has 0 radical (unpaired) electrons. The fourth-order valence-electron chi connectivity index (χ4n) is 5.46. The van der Waals surface area contributed by atoms with E-state index in [2.05, 4.69) is 44.0 Å². The lowest BCUT2D eigenvalue weighted by molar-refractivity contribution is -0.110. The molecular weight excluding hydrogens is 360 g/mol. The van der Waals surface area contributed by atoms with E-state index >= 15 is 0 Å². The third-order valence-electron chi connectivity index (χ3n) is 6.89. The molecule has 0 saturated carbocycles. The number of furan rings is 1. The van der Waals surface area contributed by atoms with Crippen molar-refractivity contribution in [2.45, 2.75) is 84.2 Å². The van der Waals surface area contributed by atoms with E-state index in [9.17, 15) is 0 Å². The molecule has 2 fully saturated rings. The van der Waals surface area contributed by atoms with Gasteiger partial charge in [-0.25, -0.2) is 0 Å². The molecule has 2 saturated heterocycles. The Morgan fingerprint density at radius 1 is 1.14 bits per heavy atom. The lowest BCUT2D eigenvalue weighted by Gasteiger charge is -2.47. The van der Waals surface area contributed by atoms with E-state index in [1.54, 1.807) is 0 Å². The fraction of sp³-hybridized carbons (Fsp3) is 0.840. The van der Waals surface area contributed by atoms with Crippen molar-refractivity contribution in [3.8, 4) is 0 Å². The molecule has 0 bridgehead atoms. The molecule has 2 unspecified atom stereocenters. The summed E-state index contributed by atoms with van der Waals surface area (Å²) in [7, 11) is 0. The third-order valence-corrected chi connectivity index (χ3v) is 6.89. The summed E-state index contributed by atoms with van der Waals surface area (Å²) < 4.78 is 11.8. The summed E-state index contributed by atoms with van der Waals surface area (Å²) in [5.74, 6) is 2.43. The average molecular weight is 405 g/mol. The minimum absolute atomic E-state index is 0.00633. The number of hydrogen-bond acceptors (Lipinski definition) is 4. The number of ether oxygens (including phenoxy) is 1. The van der Waals surface area contributed by atoms with Crippen molar-refractivity contribution >= 4 is 0 Å². The topological polar surface area (TPSA) is 37.6 Å². The second-order valence-electron chi connectivity index (χ2n) is 10.7. The van der Waals surface area contributed by atoms with Gasteiger partial charge in [-0.3, -0.25) is 0 Å². The SMILES string of the molecule is CC(C)CCC(CCNCC1(CN2CCCC2)CCOC(C)(C)C1)c1ccco1. The van der Waals surface area contributed by atoms with Crippen molar-refractivity contribution < 1.29 is 9.15 Å². The quantitative estimate of drug-likeness (QED) is 0.498. The molecule has 2 aliphatic rings. The Hall–Kier alpha value is -0.840. The van der Waals surface area contributed by atoms with Gasteiger partial charge in [-0.2, -0.15) is 0 Å². The van der Waals surface area contributed by atoms with Gasteiger partial charge in [-0.1, -0.05) is 20.3 Å². The summed E-state index contributed by atoms with van der Waals surface area (Å²) in [6.07, 6.45) is 10.5. The van der Waals surface area contributed by atoms with Crippen LogP contribution in [0.3, 0.4) is 0 Å². The van der Waals surface area contributed by atoms with Gasteiger partial charge in [-0.05, 0) is 90.1 Å². The number of hydrogen-bond donors (Lipinski definition) is 1. The highest BCUT2D eigenvalue weighted by Gasteiger charge is 2.42. The monoisotopic (exact) mass is 404 g/mol. The van der Waals surface area contributed by atoms with Crippen molar-refractivity contribution in [1.82, 2.24) is 10.2 Å². The Balaban J connectivity index is 1.54. The number of likely N-dealkylation sites (tertiary alicyclic amines) is 1. The summed E-state index contributed by atoms with van der Waals surface area (Å²) in [6, 6.07) is 4.18. The molecule has 3 rings (SSSR count). The summed E-state index contributed by atoms with van der Waals surface area (Å²) in [6.45, 7) is 16.0. The first-order chi connectivity index (χ1) is 13.9. The van der Waals surface area contributed by atoms with Crippen LogP contribution in [0.4, 0.5) is 0 Å². The third kappa shape index (κ3) is 7.11. The minimum Gasteiger partial charge on any atom is -0.469 e. The van der Waals surface area contributed by atoms with Gasteiger partial charge in [0.2, 0.25) is 0 Å². The van der Waals surface area contributed by atoms with Crippen molar-refractivity contribution in [3.05, 3.63) is 24.2 Å². The van der Waals surface area contributed by atoms with E-state index < -0.39 is 0 Å². The highest BCUT2D eigenvalue weighted by molar-refractivity contribution is 5.05. The predicted molar refractivity (Wildman–Crippen MR) is 120 cm³/mol. The molecule has 1 aromatic rings. The van der Waals surface area contributed by atoms with Gasteiger partial charge >= 0.3 is 0 Å². The Bertz CT molecular complexity index is 578. The lowest BCUT2D eigenvalue weighted by atomic mass is 9.73. The van der Waals surface area contributed by atoms with Crippen LogP contribution in [0.15, 0.2) is 22.8 Å². The maximum absolute atomic E-state index is 6.07. The highest BCUT2D eigenvalue weighted by Crippen LogP contribution is 2.40. The van der Waals surface area contributed by atoms with Crippen LogP contribution in [0.25, 0.3) is 0 Å². The Labute approximate surface area is 178 Å². The van der Waals surface area contributed by atoms with Crippen LogP contribution in [0.5, 0.6) is 0 Å². The molecule has 4 nitrogen and oxygen atoms in total. The van der Waals surface area contributed by atoms with Gasteiger partial charge in [0.05, 0.1) is 11.9 Å². The highest BCUT2D eigenvalue weighted by atomic mass is 16.5. The van der Waals surface area contributed by atoms with Crippen LogP contribution in [-0.2, 0) is 4.74 Å². The number of rotatable bonds is 11. The molecule has 29 heavy (non-hydrogen) atoms. The second kappa shape index (κ2) is 10.5. The molecule has 2 aliphatic heterocycles. The summed E-state index contributed by atoms with van der Waals surface area (Å²) in [5.41, 5.74) is 0.331. The first-order valence-electron chi connectivity index (χ1n) is 12.0. The van der Waals surface area contributed by atoms with E-state index in [1.807, 2.05) is 12.3 Å². The molecule has 0 spiro atoms. The molecule has 0 aromatic carbocycles. The van der Waals surface area contributed by atoms with E-state index in [0.717, 1.165) is 44.2 Å². The zero-order valence-corrected chi connectivity index (χ0v) is 19.3. The lowest BCUT2D eigenvalue weighted by Crippen LogP contribution is -2.51. The van der Waals surface area contributed by atoms with Crippen LogP contribution >= 0.6 is 0 Å². The molecular formula is C25H44N2O2. The average Bonchev–Trinajstić information content (AvgIpc) is 3.34. The maximum atomic E-state index is 6.07. The van der Waals surface area contributed by atoms with Crippen LogP contribution < -0.4 is 5.32 Å². The van der Waals surface area contributed by atoms with Crippen molar-refractivity contribution in [3.63, 3.8) is 0 Å². The molecule has 1 aromatic heterocycles. The molecule has 4 heteroatoms. The van der Waals surface area contributed by atoms with E-state index in [0.29, 0.717) is 11.3 Å². The number of nitrogens with zero attached hydrogens (tertiary/aromatic N) is 1. The van der Waals surface area contributed by atoms with Gasteiger partial charge in [-0.15, -0.1) is 0 Å². The standard InChI is InChI=1S/C25H44N2O2/c1-21(2)9-10-22(23-8-7-16-28-23)11-13-26-19-25(20-27-14-5-6-15-27)12-17-29-24(3,4)18-25/h7-8,16,21-22,26H,5-6,9-15,17-20H2,1-4H3. The predicted octanol–water partition coefficient (Wildman–Crippen LogP) is 5.45. The maximum Gasteiger partial charge on any atom is 0.106 e. The summed E-state index contributed by atoms with van der Waals surface area (Å²) >= 11 is 0. The molecule has 2 atom stereocenters. The number of nitrogens with one attached hydrogen (secondary N) is 1. The molecule has 1 N–H and O–H groups in total. The zero-order valence-electron chi connectivity index (χ0n) is 19.3. The Morgan fingerprint density at radius 3 is 2.59 bits per heavy atom. The normalized spacial score (nSPS) is 26.2. The van der Waals surface area contributed by atoms with E-state index in [1.165, 1.54) is 51.7 Å². The van der Waals surface area contributed by atoms with E-state index in [-0.39, 0.29) is 5.60 Å². The second-order valence-corrected chi connectivity index (χ2v) is 10.7. The van der Waals surface area contributed by atoms with E-state index in [4.69, 9.17) is 9.15 Å².